The molecule has 0 fully saturated rings. The maximum atomic E-state index is 13.4. The maximum Gasteiger partial charge on any atom is 0.155 e. The van der Waals surface area contributed by atoms with Gasteiger partial charge in [0.25, 0.3) is 0 Å². The van der Waals surface area contributed by atoms with Crippen molar-refractivity contribution in [3.8, 4) is 39.4 Å². The molecule has 154 valence electrons. The van der Waals surface area contributed by atoms with E-state index in [0.29, 0.717) is 11.3 Å². The summed E-state index contributed by atoms with van der Waals surface area (Å²) in [5.74, 6) is -0.191. The number of aromatic hydroxyl groups is 1. The molecule has 0 spiro atoms. The van der Waals surface area contributed by atoms with Crippen molar-refractivity contribution in [2.24, 2.45) is 0 Å². The Morgan fingerprint density at radius 3 is 2.44 bits per heavy atom. The molecule has 0 unspecified atom stereocenters. The number of nitrogens with one attached hydrogen (secondary N) is 2. The summed E-state index contributed by atoms with van der Waals surface area (Å²) in [6, 6.07) is 12.0. The summed E-state index contributed by atoms with van der Waals surface area (Å²) in [5.41, 5.74) is 6.35. The first kappa shape index (κ1) is 18.2. The van der Waals surface area contributed by atoms with Crippen LogP contribution in [0.2, 0.25) is 0 Å². The van der Waals surface area contributed by atoms with Gasteiger partial charge in [0.2, 0.25) is 0 Å². The van der Waals surface area contributed by atoms with Crippen LogP contribution < -0.4 is 0 Å². The van der Waals surface area contributed by atoms with Gasteiger partial charge in [0.1, 0.15) is 17.3 Å². The highest BCUT2D eigenvalue weighted by Gasteiger charge is 2.15. The minimum absolute atomic E-state index is 0.0893. The monoisotopic (exact) mass is 422 g/mol. The van der Waals surface area contributed by atoms with Gasteiger partial charge in [-0.2, -0.15) is 5.10 Å². The summed E-state index contributed by atoms with van der Waals surface area (Å²) < 4.78 is 13.4. The minimum Gasteiger partial charge on any atom is -0.506 e. The van der Waals surface area contributed by atoms with Gasteiger partial charge in [-0.15, -0.1) is 0 Å². The fourth-order valence-corrected chi connectivity index (χ4v) is 3.89. The van der Waals surface area contributed by atoms with E-state index in [0.717, 1.165) is 44.2 Å². The van der Waals surface area contributed by atoms with Crippen molar-refractivity contribution >= 4 is 21.9 Å². The Morgan fingerprint density at radius 2 is 1.59 bits per heavy atom. The lowest BCUT2D eigenvalue weighted by atomic mass is 10.0. The molecule has 6 aromatic rings. The van der Waals surface area contributed by atoms with E-state index in [1.54, 1.807) is 43.0 Å². The molecular weight excluding hydrogens is 407 g/mol. The molecule has 8 heteroatoms. The number of nitrogens with zero attached hydrogens (tertiary/aromatic N) is 4. The number of fused-ring (bicyclic) bond motifs is 2. The quantitative estimate of drug-likeness (QED) is 0.369. The van der Waals surface area contributed by atoms with Crippen LogP contribution in [0.3, 0.4) is 0 Å². The number of H-pyrrole nitrogens is 2. The van der Waals surface area contributed by atoms with Crippen molar-refractivity contribution in [1.29, 1.82) is 0 Å². The van der Waals surface area contributed by atoms with Crippen molar-refractivity contribution in [1.82, 2.24) is 30.1 Å². The van der Waals surface area contributed by atoms with E-state index >= 15 is 0 Å². The summed E-state index contributed by atoms with van der Waals surface area (Å²) in [6.07, 6.45) is 8.29. The van der Waals surface area contributed by atoms with E-state index in [1.807, 2.05) is 12.1 Å². The second-order valence-electron chi connectivity index (χ2n) is 7.46. The number of aromatic nitrogens is 6. The van der Waals surface area contributed by atoms with Crippen molar-refractivity contribution < 1.29 is 9.50 Å². The number of aromatic amines is 2. The molecule has 5 aromatic heterocycles. The highest BCUT2D eigenvalue weighted by atomic mass is 19.1. The molecule has 0 atom stereocenters. The smallest absolute Gasteiger partial charge is 0.155 e. The van der Waals surface area contributed by atoms with Gasteiger partial charge in [0.05, 0.1) is 23.6 Å². The lowest BCUT2D eigenvalue weighted by molar-refractivity contribution is 0.473. The van der Waals surface area contributed by atoms with Crippen molar-refractivity contribution in [2.75, 3.05) is 0 Å². The molecule has 32 heavy (non-hydrogen) atoms. The summed E-state index contributed by atoms with van der Waals surface area (Å²) >= 11 is 0. The molecule has 0 aliphatic carbocycles. The van der Waals surface area contributed by atoms with Gasteiger partial charge in [-0.25, -0.2) is 9.37 Å². The van der Waals surface area contributed by atoms with Crippen LogP contribution in [0.5, 0.6) is 5.75 Å². The average molecular weight is 422 g/mol. The third-order valence-corrected chi connectivity index (χ3v) is 5.43. The van der Waals surface area contributed by atoms with Crippen LogP contribution in [0, 0.1) is 5.82 Å². The molecule has 0 aliphatic rings. The van der Waals surface area contributed by atoms with Crippen LogP contribution in [0.25, 0.3) is 55.6 Å². The highest BCUT2D eigenvalue weighted by molar-refractivity contribution is 6.00. The molecular formula is C24H15FN6O. The van der Waals surface area contributed by atoms with E-state index in [-0.39, 0.29) is 11.6 Å². The molecule has 7 nitrogen and oxygen atoms in total. The van der Waals surface area contributed by atoms with Gasteiger partial charge < -0.3 is 10.1 Å². The fourth-order valence-electron chi connectivity index (χ4n) is 3.89. The molecule has 0 aliphatic heterocycles. The lowest BCUT2D eigenvalue weighted by Crippen LogP contribution is -1.84. The zero-order valence-electron chi connectivity index (χ0n) is 16.5. The summed E-state index contributed by atoms with van der Waals surface area (Å²) in [6.45, 7) is 0. The Kier molecular flexibility index (Phi) is 3.97. The van der Waals surface area contributed by atoms with E-state index in [1.165, 1.54) is 18.3 Å². The number of pyridine rings is 3. The first-order valence-corrected chi connectivity index (χ1v) is 9.87. The largest absolute Gasteiger partial charge is 0.506 e. The number of benzene rings is 1. The van der Waals surface area contributed by atoms with Crippen LogP contribution in [0.4, 0.5) is 4.39 Å². The fraction of sp³-hybridized carbons (Fsp3) is 0. The average Bonchev–Trinajstić information content (AvgIpc) is 3.43. The molecule has 0 radical (unpaired) electrons. The van der Waals surface area contributed by atoms with Crippen molar-refractivity contribution in [2.45, 2.75) is 0 Å². The number of halogens is 1. The predicted molar refractivity (Wildman–Crippen MR) is 119 cm³/mol. The minimum atomic E-state index is -0.281. The van der Waals surface area contributed by atoms with E-state index < -0.39 is 0 Å². The van der Waals surface area contributed by atoms with E-state index in [4.69, 9.17) is 0 Å². The van der Waals surface area contributed by atoms with Crippen LogP contribution in [0.15, 0.2) is 73.4 Å². The number of rotatable bonds is 3. The number of hydrogen-bond acceptors (Lipinski definition) is 5. The highest BCUT2D eigenvalue weighted by Crippen LogP contribution is 2.34. The topological polar surface area (TPSA) is 103 Å². The van der Waals surface area contributed by atoms with Crippen molar-refractivity contribution in [3.63, 3.8) is 0 Å². The summed E-state index contributed by atoms with van der Waals surface area (Å²) in [7, 11) is 0. The molecule has 5 heterocycles. The van der Waals surface area contributed by atoms with Crippen LogP contribution in [-0.4, -0.2) is 35.2 Å². The third kappa shape index (κ3) is 2.97. The normalized spacial score (nSPS) is 11.4. The van der Waals surface area contributed by atoms with Gasteiger partial charge in [0.15, 0.2) is 5.65 Å². The number of hydrogen-bond donors (Lipinski definition) is 3. The lowest BCUT2D eigenvalue weighted by Gasteiger charge is -2.02. The Hall–Kier alpha value is -4.59. The van der Waals surface area contributed by atoms with Gasteiger partial charge in [-0.3, -0.25) is 15.1 Å². The van der Waals surface area contributed by atoms with Crippen molar-refractivity contribution in [3.05, 3.63) is 79.3 Å². The van der Waals surface area contributed by atoms with Gasteiger partial charge in [-0.1, -0.05) is 12.1 Å². The second kappa shape index (κ2) is 6.98. The predicted octanol–water partition coefficient (Wildman–Crippen LogP) is 5.07. The molecule has 3 N–H and O–H groups in total. The second-order valence-corrected chi connectivity index (χ2v) is 7.46. The van der Waals surface area contributed by atoms with Gasteiger partial charge in [-0.05, 0) is 35.9 Å². The summed E-state index contributed by atoms with van der Waals surface area (Å²) in [4.78, 5) is 16.2. The van der Waals surface area contributed by atoms with Gasteiger partial charge >= 0.3 is 0 Å². The van der Waals surface area contributed by atoms with Gasteiger partial charge in [0, 0.05) is 46.1 Å². The Bertz CT molecular complexity index is 1600. The Morgan fingerprint density at radius 1 is 0.781 bits per heavy atom. The standard InChI is InChI=1S/C24H15FN6O/c25-16-3-1-13(2-4-16)20-11-27-12-22-18(20)7-21(29-22)23-19-6-15(9-28-24(19)31-30-23)14-5-17(32)10-26-8-14/h1-12,29,32H,(H,28,30,31). The maximum absolute atomic E-state index is 13.4. The SMILES string of the molecule is Oc1cncc(-c2cnc3[nH]nc(-c4cc5c(-c6ccc(F)cc6)cncc5[nH]4)c3c2)c1. The van der Waals surface area contributed by atoms with Crippen LogP contribution >= 0.6 is 0 Å². The zero-order valence-corrected chi connectivity index (χ0v) is 16.5. The molecule has 0 bridgehead atoms. The molecule has 6 rings (SSSR count). The molecule has 0 saturated heterocycles. The Balaban J connectivity index is 1.50. The van der Waals surface area contributed by atoms with E-state index in [9.17, 15) is 9.50 Å². The molecule has 0 saturated carbocycles. The van der Waals surface area contributed by atoms with Crippen LogP contribution in [0.1, 0.15) is 0 Å². The third-order valence-electron chi connectivity index (χ3n) is 5.43. The van der Waals surface area contributed by atoms with Crippen LogP contribution in [-0.2, 0) is 0 Å². The Labute approximate surface area is 180 Å². The molecule has 0 amide bonds. The van der Waals surface area contributed by atoms with E-state index in [2.05, 4.69) is 30.1 Å². The zero-order chi connectivity index (χ0) is 21.7. The summed E-state index contributed by atoms with van der Waals surface area (Å²) in [5, 5.41) is 19.0. The first-order chi connectivity index (χ1) is 15.7. The first-order valence-electron chi connectivity index (χ1n) is 9.87. The molecule has 1 aromatic carbocycles.